The van der Waals surface area contributed by atoms with Crippen LogP contribution in [0.2, 0.25) is 6.55 Å². The highest BCUT2D eigenvalue weighted by atomic mass is 28.4. The third-order valence-electron chi connectivity index (χ3n) is 4.35. The zero-order valence-corrected chi connectivity index (χ0v) is 21.5. The van der Waals surface area contributed by atoms with Crippen LogP contribution >= 0.6 is 0 Å². The molecule has 0 aliphatic rings. The van der Waals surface area contributed by atoms with Crippen molar-refractivity contribution in [2.75, 3.05) is 33.5 Å². The van der Waals surface area contributed by atoms with E-state index in [0.717, 1.165) is 0 Å². The molecule has 0 radical (unpaired) electrons. The van der Waals surface area contributed by atoms with Crippen LogP contribution < -0.4 is 5.19 Å². The van der Waals surface area contributed by atoms with E-state index in [-0.39, 0.29) is 0 Å². The molecule has 9 heteroatoms. The van der Waals surface area contributed by atoms with E-state index < -0.39 is 25.7 Å². The van der Waals surface area contributed by atoms with Crippen LogP contribution in [0.1, 0.15) is 27.7 Å². The number of hydrogen-bond acceptors (Lipinski definition) is 6. The third-order valence-corrected chi connectivity index (χ3v) is 12.8. The van der Waals surface area contributed by atoms with Crippen molar-refractivity contribution in [2.45, 2.75) is 34.2 Å². The normalized spacial score (nSPS) is 15.3. The van der Waals surface area contributed by atoms with E-state index in [1.165, 1.54) is 5.19 Å². The van der Waals surface area contributed by atoms with Crippen molar-refractivity contribution >= 4 is 30.9 Å². The second kappa shape index (κ2) is 12.7. The van der Waals surface area contributed by atoms with Gasteiger partial charge < -0.3 is 26.9 Å². The van der Waals surface area contributed by atoms with Gasteiger partial charge in [0.25, 0.3) is 0 Å². The molecule has 0 aliphatic heterocycles. The molecule has 0 fully saturated rings. The first kappa shape index (κ1) is 26.1. The van der Waals surface area contributed by atoms with Crippen LogP contribution in [0, 0.1) is 0 Å². The zero-order valence-electron chi connectivity index (χ0n) is 18.5. The fraction of sp³-hybridized carbons (Fsp3) is 0.500. The Balaban J connectivity index is 3.37. The summed E-state index contributed by atoms with van der Waals surface area (Å²) in [6.45, 7) is 11.5. The average molecular weight is 457 g/mol. The molecule has 0 aliphatic carbocycles. The van der Waals surface area contributed by atoms with Crippen LogP contribution in [-0.4, -0.2) is 64.0 Å². The molecule has 29 heavy (non-hydrogen) atoms. The number of hydrogen-bond donors (Lipinski definition) is 1. The second-order valence-electron chi connectivity index (χ2n) is 6.49. The molecule has 0 saturated carbocycles. The Morgan fingerprint density at radius 2 is 1.24 bits per heavy atom. The van der Waals surface area contributed by atoms with Crippen LogP contribution in [0.5, 0.6) is 0 Å². The summed E-state index contributed by atoms with van der Waals surface area (Å²) in [5, 5.41) is 1.18. The van der Waals surface area contributed by atoms with Crippen molar-refractivity contribution in [3.05, 3.63) is 53.1 Å². The highest BCUT2D eigenvalue weighted by Crippen LogP contribution is 2.17. The molecule has 1 aromatic carbocycles. The molecule has 1 aromatic rings. The lowest BCUT2D eigenvalue weighted by atomic mass is 10.4. The van der Waals surface area contributed by atoms with Crippen LogP contribution in [-0.2, 0) is 22.1 Å². The number of rotatable bonds is 14. The summed E-state index contributed by atoms with van der Waals surface area (Å²) < 4.78 is 28.6. The van der Waals surface area contributed by atoms with Gasteiger partial charge in [0.2, 0.25) is 0 Å². The molecule has 1 N–H and O–H groups in total. The molecule has 0 heterocycles. The molecular formula is C20H36O6Si3. The Labute approximate surface area is 178 Å². The first-order valence-electron chi connectivity index (χ1n) is 10.1. The van der Waals surface area contributed by atoms with E-state index in [2.05, 4.69) is 30.1 Å². The molecule has 0 aromatic heterocycles. The highest BCUT2D eigenvalue weighted by Gasteiger charge is 2.39. The van der Waals surface area contributed by atoms with Gasteiger partial charge in [-0.1, -0.05) is 53.5 Å². The molecule has 0 amide bonds. The van der Waals surface area contributed by atoms with Crippen molar-refractivity contribution < 1.29 is 26.9 Å². The van der Waals surface area contributed by atoms with E-state index in [1.54, 1.807) is 12.8 Å². The van der Waals surface area contributed by atoms with Crippen molar-refractivity contribution in [1.82, 2.24) is 0 Å². The van der Waals surface area contributed by atoms with Crippen LogP contribution in [0.4, 0.5) is 0 Å². The van der Waals surface area contributed by atoms with E-state index >= 15 is 0 Å². The number of benzene rings is 1. The van der Waals surface area contributed by atoms with Gasteiger partial charge in [0.15, 0.2) is 0 Å². The van der Waals surface area contributed by atoms with E-state index in [9.17, 15) is 4.80 Å². The molecular weight excluding hydrogens is 420 g/mol. The Bertz CT molecular complexity index is 628. The smallest absolute Gasteiger partial charge is 0.387 e. The molecule has 0 bridgehead atoms. The van der Waals surface area contributed by atoms with Gasteiger partial charge in [0, 0.05) is 33.5 Å². The van der Waals surface area contributed by atoms with Gasteiger partial charge in [0.05, 0.1) is 0 Å². The Morgan fingerprint density at radius 1 is 0.759 bits per heavy atom. The maximum Gasteiger partial charge on any atom is 0.528 e. The summed E-state index contributed by atoms with van der Waals surface area (Å²) in [5.41, 5.74) is 7.90. The monoisotopic (exact) mass is 456 g/mol. The van der Waals surface area contributed by atoms with Gasteiger partial charge in [-0.2, -0.15) is 0 Å². The van der Waals surface area contributed by atoms with Gasteiger partial charge in [-0.3, -0.25) is 0 Å². The predicted molar refractivity (Wildman–Crippen MR) is 123 cm³/mol. The van der Waals surface area contributed by atoms with Gasteiger partial charge >= 0.3 is 17.6 Å². The summed E-state index contributed by atoms with van der Waals surface area (Å²) in [6.07, 6.45) is 0. The molecule has 1 atom stereocenters. The summed E-state index contributed by atoms with van der Waals surface area (Å²) in [7, 11) is -6.99. The predicted octanol–water partition coefficient (Wildman–Crippen LogP) is 2.90. The molecule has 1 unspecified atom stereocenters. The lowest BCUT2D eigenvalue weighted by Crippen LogP contribution is -2.48. The third kappa shape index (κ3) is 8.04. The van der Waals surface area contributed by atoms with Crippen LogP contribution in [0.25, 0.3) is 0 Å². The fourth-order valence-corrected chi connectivity index (χ4v) is 11.3. The van der Waals surface area contributed by atoms with Crippen LogP contribution in [0.3, 0.4) is 0 Å². The van der Waals surface area contributed by atoms with Gasteiger partial charge in [0.1, 0.15) is 8.07 Å². The Morgan fingerprint density at radius 3 is 1.69 bits per heavy atom. The minimum Gasteiger partial charge on any atom is -0.387 e. The Kier molecular flexibility index (Phi) is 11.5. The molecule has 6 nitrogen and oxygen atoms in total. The maximum absolute atomic E-state index is 10.8. The molecule has 1 rings (SSSR count). The SMILES string of the molecule is CCO[Si](O)(/C=C\[Si](C)(/C=C\[Si](OC)(OCC)OCC)c1ccccc1)OCC. The van der Waals surface area contributed by atoms with Crippen molar-refractivity contribution in [3.8, 4) is 0 Å². The van der Waals surface area contributed by atoms with E-state index in [0.29, 0.717) is 26.4 Å². The largest absolute Gasteiger partial charge is 0.528 e. The average Bonchev–Trinajstić information content (AvgIpc) is 2.72. The Hall–Kier alpha value is -0.889. The van der Waals surface area contributed by atoms with Crippen molar-refractivity contribution in [2.24, 2.45) is 0 Å². The van der Waals surface area contributed by atoms with E-state index in [4.69, 9.17) is 22.1 Å². The standard InChI is InChI=1S/C20H36O6Si3/c1-7-23-28(21,24-8-2)18-16-27(6,20-14-12-11-13-15-20)17-19-29(22-5,25-9-3)26-10-4/h11-19,21H,7-10H2,1-6H3/b18-16-,19-17-. The molecule has 164 valence electrons. The van der Waals surface area contributed by atoms with Crippen LogP contribution in [0.15, 0.2) is 53.1 Å². The first-order chi connectivity index (χ1) is 13.8. The van der Waals surface area contributed by atoms with Crippen molar-refractivity contribution in [3.63, 3.8) is 0 Å². The van der Waals surface area contributed by atoms with E-state index in [1.807, 2.05) is 51.6 Å². The van der Waals surface area contributed by atoms with Gasteiger partial charge in [-0.15, -0.1) is 0 Å². The summed E-state index contributed by atoms with van der Waals surface area (Å²) in [6, 6.07) is 10.2. The highest BCUT2D eigenvalue weighted by molar-refractivity contribution is 7.00. The first-order valence-corrected chi connectivity index (χ1v) is 16.4. The lowest BCUT2D eigenvalue weighted by Gasteiger charge is -2.27. The maximum atomic E-state index is 10.8. The van der Waals surface area contributed by atoms with Gasteiger partial charge in [-0.05, 0) is 39.1 Å². The lowest BCUT2D eigenvalue weighted by molar-refractivity contribution is 0.100. The summed E-state index contributed by atoms with van der Waals surface area (Å²) in [4.78, 5) is 10.8. The topological polar surface area (TPSA) is 66.4 Å². The van der Waals surface area contributed by atoms with Crippen molar-refractivity contribution in [1.29, 1.82) is 0 Å². The van der Waals surface area contributed by atoms with Gasteiger partial charge in [-0.25, -0.2) is 0 Å². The minimum atomic E-state index is -3.37. The fourth-order valence-electron chi connectivity index (χ4n) is 2.88. The minimum absolute atomic E-state index is 0.390. The quantitative estimate of drug-likeness (QED) is 0.434. The summed E-state index contributed by atoms with van der Waals surface area (Å²) in [5.74, 6) is 0. The molecule has 0 saturated heterocycles. The zero-order chi connectivity index (χ0) is 21.8. The summed E-state index contributed by atoms with van der Waals surface area (Å²) >= 11 is 0. The molecule has 0 spiro atoms. The second-order valence-corrected chi connectivity index (χ2v) is 15.0.